The molecule has 1 atom stereocenters. The van der Waals surface area contributed by atoms with E-state index in [0.717, 1.165) is 25.2 Å². The molecule has 1 unspecified atom stereocenters. The van der Waals surface area contributed by atoms with Gasteiger partial charge in [-0.25, -0.2) is 8.42 Å². The van der Waals surface area contributed by atoms with Gasteiger partial charge in [-0.1, -0.05) is 38.0 Å². The number of rotatable bonds is 7. The molecular formula is C18H29N3O2S. The largest absolute Gasteiger partial charge is 0.354 e. The van der Waals surface area contributed by atoms with Crippen LogP contribution in [0.3, 0.4) is 0 Å². The number of nitrogens with one attached hydrogen (secondary N) is 2. The molecule has 0 saturated heterocycles. The van der Waals surface area contributed by atoms with E-state index in [-0.39, 0.29) is 11.8 Å². The summed E-state index contributed by atoms with van der Waals surface area (Å²) >= 11 is 0. The third kappa shape index (κ3) is 5.51. The minimum Gasteiger partial charge on any atom is -0.354 e. The predicted octanol–water partition coefficient (Wildman–Crippen LogP) is 2.74. The summed E-state index contributed by atoms with van der Waals surface area (Å²) in [5.41, 5.74) is 0. The molecule has 1 saturated carbocycles. The van der Waals surface area contributed by atoms with Crippen molar-refractivity contribution in [1.29, 1.82) is 0 Å². The molecule has 1 aliphatic rings. The van der Waals surface area contributed by atoms with Gasteiger partial charge in [-0.15, -0.1) is 0 Å². The third-order valence-electron chi connectivity index (χ3n) is 4.37. The monoisotopic (exact) mass is 351 g/mol. The van der Waals surface area contributed by atoms with Crippen LogP contribution in [0.2, 0.25) is 0 Å². The smallest absolute Gasteiger partial charge is 0.191 e. The lowest BCUT2D eigenvalue weighted by molar-refractivity contribution is 0.557. The fourth-order valence-electron chi connectivity index (χ4n) is 3.00. The van der Waals surface area contributed by atoms with E-state index >= 15 is 0 Å². The maximum atomic E-state index is 12.6. The van der Waals surface area contributed by atoms with Gasteiger partial charge in [-0.3, -0.25) is 4.99 Å². The highest BCUT2D eigenvalue weighted by molar-refractivity contribution is 7.91. The van der Waals surface area contributed by atoms with Crippen LogP contribution < -0.4 is 10.6 Å². The summed E-state index contributed by atoms with van der Waals surface area (Å²) in [5.74, 6) is 0.808. The molecule has 0 aromatic heterocycles. The molecule has 0 spiro atoms. The lowest BCUT2D eigenvalue weighted by Gasteiger charge is -2.23. The van der Waals surface area contributed by atoms with E-state index in [1.54, 1.807) is 24.3 Å². The van der Waals surface area contributed by atoms with E-state index < -0.39 is 9.84 Å². The van der Waals surface area contributed by atoms with Crippen LogP contribution in [0.15, 0.2) is 40.2 Å². The van der Waals surface area contributed by atoms with E-state index in [4.69, 9.17) is 0 Å². The first-order chi connectivity index (χ1) is 11.5. The Bertz CT molecular complexity index is 623. The second kappa shape index (κ2) is 9.06. The van der Waals surface area contributed by atoms with E-state index in [9.17, 15) is 8.42 Å². The molecule has 1 fully saturated rings. The van der Waals surface area contributed by atoms with Crippen LogP contribution in [-0.2, 0) is 9.84 Å². The fraction of sp³-hybridized carbons (Fsp3) is 0.611. The summed E-state index contributed by atoms with van der Waals surface area (Å²) in [4.78, 5) is 4.86. The Labute approximate surface area is 145 Å². The topological polar surface area (TPSA) is 70.6 Å². The first-order valence-corrected chi connectivity index (χ1v) is 10.6. The van der Waals surface area contributed by atoms with Gasteiger partial charge in [-0.05, 0) is 38.3 Å². The number of benzene rings is 1. The Morgan fingerprint density at radius 3 is 2.46 bits per heavy atom. The van der Waals surface area contributed by atoms with Crippen molar-refractivity contribution in [3.63, 3.8) is 0 Å². The average molecular weight is 352 g/mol. The molecule has 0 bridgehead atoms. The summed E-state index contributed by atoms with van der Waals surface area (Å²) < 4.78 is 25.2. The lowest BCUT2D eigenvalue weighted by Crippen LogP contribution is -2.48. The second-order valence-corrected chi connectivity index (χ2v) is 8.33. The molecule has 2 rings (SSSR count). The predicted molar refractivity (Wildman–Crippen MR) is 99.1 cm³/mol. The van der Waals surface area contributed by atoms with Crippen molar-refractivity contribution < 1.29 is 8.42 Å². The minimum absolute atomic E-state index is 0.0720. The van der Waals surface area contributed by atoms with Crippen molar-refractivity contribution in [2.45, 2.75) is 62.9 Å². The minimum atomic E-state index is -3.30. The highest BCUT2D eigenvalue weighted by Gasteiger charge is 2.22. The number of nitrogens with zero attached hydrogens (tertiary/aromatic N) is 1. The summed E-state index contributed by atoms with van der Waals surface area (Å²) in [6.45, 7) is 4.65. The Hall–Kier alpha value is -1.56. The molecular weight excluding hydrogens is 322 g/mol. The summed E-state index contributed by atoms with van der Waals surface area (Å²) in [7, 11) is -3.30. The van der Waals surface area contributed by atoms with Crippen LogP contribution >= 0.6 is 0 Å². The van der Waals surface area contributed by atoms with E-state index in [1.807, 2.05) is 19.9 Å². The molecule has 134 valence electrons. The van der Waals surface area contributed by atoms with Gasteiger partial charge in [0.2, 0.25) is 0 Å². The Balaban J connectivity index is 2.02. The van der Waals surface area contributed by atoms with E-state index in [2.05, 4.69) is 15.6 Å². The van der Waals surface area contributed by atoms with Gasteiger partial charge in [0.1, 0.15) is 0 Å². The zero-order valence-electron chi connectivity index (χ0n) is 14.7. The van der Waals surface area contributed by atoms with Crippen molar-refractivity contribution in [2.24, 2.45) is 4.99 Å². The molecule has 1 aromatic rings. The van der Waals surface area contributed by atoms with Crippen molar-refractivity contribution in [1.82, 2.24) is 10.6 Å². The van der Waals surface area contributed by atoms with Crippen molar-refractivity contribution in [3.05, 3.63) is 30.3 Å². The standard InChI is InChI=1S/C18H29N3O2S/c1-3-15(14-24(22,23)17-12-6-5-7-13-17)20-18(19-4-2)21-16-10-8-9-11-16/h5-7,12-13,15-16H,3-4,8-11,14H2,1-2H3,(H2,19,20,21). The van der Waals surface area contributed by atoms with Gasteiger partial charge in [0.25, 0.3) is 0 Å². The summed E-state index contributed by atoms with van der Waals surface area (Å²) in [6, 6.07) is 8.94. The molecule has 0 aliphatic heterocycles. The maximum absolute atomic E-state index is 12.6. The second-order valence-electron chi connectivity index (χ2n) is 6.29. The van der Waals surface area contributed by atoms with Gasteiger partial charge < -0.3 is 10.6 Å². The molecule has 0 amide bonds. The third-order valence-corrected chi connectivity index (χ3v) is 6.20. The Morgan fingerprint density at radius 1 is 1.21 bits per heavy atom. The van der Waals surface area contributed by atoms with Gasteiger partial charge in [0, 0.05) is 18.6 Å². The molecule has 2 N–H and O–H groups in total. The average Bonchev–Trinajstić information content (AvgIpc) is 3.08. The van der Waals surface area contributed by atoms with Crippen LogP contribution in [0.5, 0.6) is 0 Å². The normalized spacial score (nSPS) is 17.7. The van der Waals surface area contributed by atoms with Gasteiger partial charge in [-0.2, -0.15) is 0 Å². The molecule has 24 heavy (non-hydrogen) atoms. The molecule has 6 heteroatoms. The number of hydrogen-bond acceptors (Lipinski definition) is 3. The van der Waals surface area contributed by atoms with E-state index in [0.29, 0.717) is 17.5 Å². The fourth-order valence-corrected chi connectivity index (χ4v) is 4.61. The molecule has 0 heterocycles. The van der Waals surface area contributed by atoms with Crippen LogP contribution in [0, 0.1) is 0 Å². The van der Waals surface area contributed by atoms with Gasteiger partial charge >= 0.3 is 0 Å². The lowest BCUT2D eigenvalue weighted by atomic mass is 10.2. The van der Waals surface area contributed by atoms with Crippen molar-refractivity contribution in [2.75, 3.05) is 12.3 Å². The number of sulfone groups is 1. The highest BCUT2D eigenvalue weighted by Crippen LogP contribution is 2.17. The summed E-state index contributed by atoms with van der Waals surface area (Å²) in [6.07, 6.45) is 5.53. The Kier molecular flexibility index (Phi) is 7.09. The van der Waals surface area contributed by atoms with Crippen LogP contribution in [0.1, 0.15) is 46.0 Å². The quantitative estimate of drug-likeness (QED) is 0.585. The van der Waals surface area contributed by atoms with E-state index in [1.165, 1.54) is 12.8 Å². The summed E-state index contributed by atoms with van der Waals surface area (Å²) in [5, 5.41) is 6.77. The van der Waals surface area contributed by atoms with Gasteiger partial charge in [0.15, 0.2) is 15.8 Å². The van der Waals surface area contributed by atoms with Crippen LogP contribution in [-0.4, -0.2) is 38.8 Å². The number of guanidine groups is 1. The first-order valence-electron chi connectivity index (χ1n) is 8.90. The van der Waals surface area contributed by atoms with Crippen LogP contribution in [0.4, 0.5) is 0 Å². The molecule has 5 nitrogen and oxygen atoms in total. The zero-order chi connectivity index (χ0) is 17.4. The maximum Gasteiger partial charge on any atom is 0.191 e. The number of hydrogen-bond donors (Lipinski definition) is 2. The molecule has 1 aromatic carbocycles. The van der Waals surface area contributed by atoms with Crippen molar-refractivity contribution in [3.8, 4) is 0 Å². The zero-order valence-corrected chi connectivity index (χ0v) is 15.5. The SMILES string of the molecule is CCN=C(NC1CCCC1)NC(CC)CS(=O)(=O)c1ccccc1. The first kappa shape index (κ1) is 18.8. The van der Waals surface area contributed by atoms with Gasteiger partial charge in [0.05, 0.1) is 10.6 Å². The number of aliphatic imine (C=N–C) groups is 1. The Morgan fingerprint density at radius 2 is 1.88 bits per heavy atom. The van der Waals surface area contributed by atoms with Crippen molar-refractivity contribution >= 4 is 15.8 Å². The molecule has 0 radical (unpaired) electrons. The molecule has 1 aliphatic carbocycles. The highest BCUT2D eigenvalue weighted by atomic mass is 32.2. The van der Waals surface area contributed by atoms with Crippen LogP contribution in [0.25, 0.3) is 0 Å².